The number of benzene rings is 2. The van der Waals surface area contributed by atoms with Crippen molar-refractivity contribution in [3.63, 3.8) is 0 Å². The van der Waals surface area contributed by atoms with Crippen LogP contribution in [0.1, 0.15) is 80.9 Å². The first-order valence-corrected chi connectivity index (χ1v) is 13.0. The molecule has 0 spiro atoms. The molecule has 4 rings (SSSR count). The van der Waals surface area contributed by atoms with Gasteiger partial charge in [0.15, 0.2) is 0 Å². The van der Waals surface area contributed by atoms with Crippen molar-refractivity contribution in [2.24, 2.45) is 17.8 Å². The highest BCUT2D eigenvalue weighted by Crippen LogP contribution is 2.48. The summed E-state index contributed by atoms with van der Waals surface area (Å²) in [5.41, 5.74) is 1.61. The normalized spacial score (nSPS) is 23.9. The molecule has 0 N–H and O–H groups in total. The summed E-state index contributed by atoms with van der Waals surface area (Å²) >= 11 is 0. The van der Waals surface area contributed by atoms with Crippen molar-refractivity contribution in [2.75, 3.05) is 6.61 Å². The van der Waals surface area contributed by atoms with Crippen LogP contribution in [0.4, 0.5) is 8.78 Å². The zero-order valence-corrected chi connectivity index (χ0v) is 20.7. The second-order valence-electron chi connectivity index (χ2n) is 10.1. The van der Waals surface area contributed by atoms with Gasteiger partial charge in [0.25, 0.3) is 0 Å². The molecule has 0 radical (unpaired) electrons. The first-order chi connectivity index (χ1) is 17.1. The van der Waals surface area contributed by atoms with Gasteiger partial charge in [0.2, 0.25) is 0 Å². The Balaban J connectivity index is 1.38. The molecule has 2 fully saturated rings. The molecular weight excluding hydrogens is 438 g/mol. The van der Waals surface area contributed by atoms with Gasteiger partial charge in [0.1, 0.15) is 24.0 Å². The highest BCUT2D eigenvalue weighted by molar-refractivity contribution is 5.46. The zero-order valence-electron chi connectivity index (χ0n) is 20.7. The van der Waals surface area contributed by atoms with Crippen LogP contribution in [0.15, 0.2) is 61.2 Å². The van der Waals surface area contributed by atoms with E-state index in [1.807, 2.05) is 31.2 Å². The van der Waals surface area contributed by atoms with E-state index >= 15 is 0 Å². The summed E-state index contributed by atoms with van der Waals surface area (Å²) in [6.07, 6.45) is 15.7. The summed E-state index contributed by atoms with van der Waals surface area (Å²) in [6.45, 7) is 6.15. The van der Waals surface area contributed by atoms with Crippen LogP contribution in [0, 0.1) is 41.2 Å². The molecule has 2 aliphatic rings. The van der Waals surface area contributed by atoms with Crippen LogP contribution >= 0.6 is 0 Å². The fourth-order valence-corrected chi connectivity index (χ4v) is 5.85. The van der Waals surface area contributed by atoms with E-state index in [1.54, 1.807) is 24.3 Å². The van der Waals surface area contributed by atoms with Gasteiger partial charge < -0.3 is 4.74 Å². The molecule has 1 nitrogen and oxygen atoms in total. The van der Waals surface area contributed by atoms with E-state index in [-0.39, 0.29) is 11.4 Å². The number of hydrogen-bond acceptors (Lipinski definition) is 1. The molecule has 4 atom stereocenters. The van der Waals surface area contributed by atoms with Gasteiger partial charge in [0.05, 0.1) is 11.1 Å². The van der Waals surface area contributed by atoms with E-state index in [9.17, 15) is 8.78 Å². The summed E-state index contributed by atoms with van der Waals surface area (Å²) in [7, 11) is 0. The summed E-state index contributed by atoms with van der Waals surface area (Å²) in [4.78, 5) is 0. The van der Waals surface area contributed by atoms with E-state index in [4.69, 9.17) is 4.74 Å². The summed E-state index contributed by atoms with van der Waals surface area (Å²) in [6, 6.07) is 9.99. The van der Waals surface area contributed by atoms with Crippen LogP contribution in [0.2, 0.25) is 0 Å². The average molecular weight is 475 g/mol. The number of halogens is 2. The maximum Gasteiger partial charge on any atom is 0.142 e. The molecule has 3 heteroatoms. The maximum atomic E-state index is 14.9. The van der Waals surface area contributed by atoms with Crippen LogP contribution in [-0.4, -0.2) is 6.61 Å². The molecule has 2 aromatic rings. The minimum atomic E-state index is -0.469. The van der Waals surface area contributed by atoms with Gasteiger partial charge >= 0.3 is 0 Å². The molecule has 0 bridgehead atoms. The average Bonchev–Trinajstić information content (AvgIpc) is 2.87. The third kappa shape index (κ3) is 6.63. The number of fused-ring (bicyclic) bond motifs is 1. The molecule has 0 heterocycles. The van der Waals surface area contributed by atoms with Crippen molar-refractivity contribution in [2.45, 2.75) is 64.2 Å². The van der Waals surface area contributed by atoms with Crippen molar-refractivity contribution in [1.29, 1.82) is 0 Å². The smallest absolute Gasteiger partial charge is 0.142 e. The van der Waals surface area contributed by atoms with Crippen LogP contribution in [-0.2, 0) is 0 Å². The fraction of sp³-hybridized carbons (Fsp3) is 0.438. The van der Waals surface area contributed by atoms with Gasteiger partial charge in [-0.3, -0.25) is 0 Å². The van der Waals surface area contributed by atoms with Crippen molar-refractivity contribution < 1.29 is 13.5 Å². The summed E-state index contributed by atoms with van der Waals surface area (Å²) in [5.74, 6) is 8.12. The van der Waals surface area contributed by atoms with Crippen LogP contribution in [0.5, 0.6) is 5.75 Å². The Morgan fingerprint density at radius 1 is 0.943 bits per heavy atom. The summed E-state index contributed by atoms with van der Waals surface area (Å²) in [5, 5.41) is 0. The monoisotopic (exact) mass is 474 g/mol. The zero-order chi connectivity index (χ0) is 24.6. The molecule has 184 valence electrons. The van der Waals surface area contributed by atoms with E-state index in [2.05, 4.69) is 18.4 Å². The molecule has 35 heavy (non-hydrogen) atoms. The molecule has 4 unspecified atom stereocenters. The largest absolute Gasteiger partial charge is 0.489 e. The van der Waals surface area contributed by atoms with E-state index < -0.39 is 5.82 Å². The Morgan fingerprint density at radius 2 is 1.66 bits per heavy atom. The molecule has 2 aliphatic carbocycles. The van der Waals surface area contributed by atoms with Crippen LogP contribution in [0.3, 0.4) is 0 Å². The Kier molecular flexibility index (Phi) is 8.80. The molecule has 0 saturated heterocycles. The lowest BCUT2D eigenvalue weighted by atomic mass is 9.63. The van der Waals surface area contributed by atoms with Crippen molar-refractivity contribution >= 4 is 0 Å². The molecular formula is C32H36F2O. The third-order valence-electron chi connectivity index (χ3n) is 7.82. The standard InChI is InChI=1S/C32H36F2O/c1-3-5-7-23-8-9-27-20-28(15-14-26(27)19-23)29-13-12-24(31(33)21-29)10-11-25-16-17-30(22-32(25)34)35-18-6-4-2/h3-4,6,12-13,16-17,21-23,26-28H,1,5,7-9,14-15,18-20H2,2H3/b6-4+. The Morgan fingerprint density at radius 3 is 2.37 bits per heavy atom. The second-order valence-corrected chi connectivity index (χ2v) is 10.1. The predicted molar refractivity (Wildman–Crippen MR) is 139 cm³/mol. The first kappa shape index (κ1) is 25.2. The van der Waals surface area contributed by atoms with Gasteiger partial charge in [-0.2, -0.15) is 0 Å². The highest BCUT2D eigenvalue weighted by Gasteiger charge is 2.35. The highest BCUT2D eigenvalue weighted by atomic mass is 19.1. The molecule has 0 amide bonds. The number of allylic oxidation sites excluding steroid dienone is 2. The fourth-order valence-electron chi connectivity index (χ4n) is 5.85. The number of hydrogen-bond donors (Lipinski definition) is 0. The number of rotatable bonds is 7. The van der Waals surface area contributed by atoms with E-state index in [0.717, 1.165) is 42.6 Å². The molecule has 2 aromatic carbocycles. The Labute approximate surface area is 209 Å². The second kappa shape index (κ2) is 12.2. The van der Waals surface area contributed by atoms with Crippen LogP contribution in [0.25, 0.3) is 0 Å². The lowest BCUT2D eigenvalue weighted by Gasteiger charge is -2.42. The van der Waals surface area contributed by atoms with Gasteiger partial charge in [-0.25, -0.2) is 8.78 Å². The molecule has 0 aromatic heterocycles. The van der Waals surface area contributed by atoms with Crippen molar-refractivity contribution in [3.8, 4) is 17.6 Å². The topological polar surface area (TPSA) is 9.23 Å². The van der Waals surface area contributed by atoms with E-state index in [1.165, 1.54) is 38.2 Å². The van der Waals surface area contributed by atoms with Gasteiger partial charge in [-0.05, 0) is 105 Å². The van der Waals surface area contributed by atoms with Gasteiger partial charge in [-0.15, -0.1) is 6.58 Å². The van der Waals surface area contributed by atoms with Crippen molar-refractivity contribution in [3.05, 3.63) is 89.5 Å². The lowest BCUT2D eigenvalue weighted by Crippen LogP contribution is -2.30. The first-order valence-electron chi connectivity index (χ1n) is 13.0. The third-order valence-corrected chi connectivity index (χ3v) is 7.82. The SMILES string of the molecule is C=CCCC1CCC2CC(c3ccc(C#Cc4ccc(OC/C=C/C)cc4F)c(F)c3)CCC2C1. The minimum Gasteiger partial charge on any atom is -0.489 e. The molecule has 0 aliphatic heterocycles. The lowest BCUT2D eigenvalue weighted by molar-refractivity contribution is 0.115. The summed E-state index contributed by atoms with van der Waals surface area (Å²) < 4.78 is 34.8. The van der Waals surface area contributed by atoms with Crippen molar-refractivity contribution in [1.82, 2.24) is 0 Å². The minimum absolute atomic E-state index is 0.230. The van der Waals surface area contributed by atoms with Gasteiger partial charge in [-0.1, -0.05) is 42.6 Å². The quantitative estimate of drug-likeness (QED) is 0.288. The Hall–Kier alpha value is -2.86. The molecule has 2 saturated carbocycles. The Bertz CT molecular complexity index is 1110. The predicted octanol–water partition coefficient (Wildman–Crippen LogP) is 8.59. The maximum absolute atomic E-state index is 14.9. The van der Waals surface area contributed by atoms with Gasteiger partial charge in [0, 0.05) is 6.07 Å². The van der Waals surface area contributed by atoms with E-state index in [0.29, 0.717) is 23.8 Å². The number of ether oxygens (including phenoxy) is 1. The van der Waals surface area contributed by atoms with Crippen LogP contribution < -0.4 is 4.74 Å².